The van der Waals surface area contributed by atoms with Crippen molar-refractivity contribution in [1.29, 1.82) is 0 Å². The second-order valence-corrected chi connectivity index (χ2v) is 6.68. The van der Waals surface area contributed by atoms with Gasteiger partial charge >= 0.3 is 0 Å². The first kappa shape index (κ1) is 16.0. The predicted octanol–water partition coefficient (Wildman–Crippen LogP) is 1.99. The van der Waals surface area contributed by atoms with Crippen LogP contribution < -0.4 is 15.2 Å². The van der Waals surface area contributed by atoms with Crippen LogP contribution in [0.4, 0.5) is 0 Å². The number of benzene rings is 1. The summed E-state index contributed by atoms with van der Waals surface area (Å²) in [6.45, 7) is 0.300. The molecule has 0 spiro atoms. The Bertz CT molecular complexity index is 710. The van der Waals surface area contributed by atoms with Crippen molar-refractivity contribution in [1.82, 2.24) is 4.72 Å². The Labute approximate surface area is 131 Å². The molecule has 0 saturated carbocycles. The second-order valence-electron chi connectivity index (χ2n) is 4.23. The third-order valence-corrected chi connectivity index (χ3v) is 5.08. The number of ether oxygens (including phenoxy) is 1. The minimum absolute atomic E-state index is 0.0384. The molecule has 2 aromatic rings. The van der Waals surface area contributed by atoms with E-state index in [4.69, 9.17) is 14.9 Å². The van der Waals surface area contributed by atoms with E-state index in [0.717, 1.165) is 5.56 Å². The first-order valence-corrected chi connectivity index (χ1v) is 8.34. The van der Waals surface area contributed by atoms with Gasteiger partial charge in [0.05, 0.1) is 13.7 Å². The maximum Gasteiger partial charge on any atom is 0.245 e. The quantitative estimate of drug-likeness (QED) is 0.805. The molecule has 0 aliphatic carbocycles. The maximum absolute atomic E-state index is 12.2. The van der Waals surface area contributed by atoms with E-state index in [1.807, 2.05) is 0 Å². The van der Waals surface area contributed by atoms with E-state index in [2.05, 4.69) is 20.7 Å². The lowest BCUT2D eigenvalue weighted by Crippen LogP contribution is -2.23. The average Bonchev–Trinajstić information content (AvgIpc) is 2.88. The average molecular weight is 375 g/mol. The van der Waals surface area contributed by atoms with Crippen LogP contribution in [-0.4, -0.2) is 15.5 Å². The van der Waals surface area contributed by atoms with Crippen molar-refractivity contribution < 1.29 is 17.6 Å². The highest BCUT2D eigenvalue weighted by Gasteiger charge is 2.21. The number of nitrogens with two attached hydrogens (primary N) is 1. The summed E-state index contributed by atoms with van der Waals surface area (Å²) in [4.78, 5) is 0.0384. The largest absolute Gasteiger partial charge is 0.497 e. The second kappa shape index (κ2) is 6.61. The summed E-state index contributed by atoms with van der Waals surface area (Å²) < 4.78 is 37.3. The number of nitrogens with one attached hydrogen (secondary N) is 1. The molecule has 0 bridgehead atoms. The van der Waals surface area contributed by atoms with Crippen molar-refractivity contribution in [3.63, 3.8) is 0 Å². The Kier molecular flexibility index (Phi) is 5.04. The molecular formula is C13H15BrN2O4S. The van der Waals surface area contributed by atoms with Gasteiger partial charge in [0, 0.05) is 12.6 Å². The van der Waals surface area contributed by atoms with Crippen LogP contribution in [0.2, 0.25) is 0 Å². The Hall–Kier alpha value is -1.35. The van der Waals surface area contributed by atoms with E-state index in [1.165, 1.54) is 6.07 Å². The van der Waals surface area contributed by atoms with Crippen molar-refractivity contribution >= 4 is 26.0 Å². The predicted molar refractivity (Wildman–Crippen MR) is 81.3 cm³/mol. The molecule has 0 atom stereocenters. The monoisotopic (exact) mass is 374 g/mol. The van der Waals surface area contributed by atoms with Gasteiger partial charge in [-0.2, -0.15) is 0 Å². The fourth-order valence-corrected chi connectivity index (χ4v) is 3.69. The molecule has 0 aliphatic rings. The number of hydrogen-bond acceptors (Lipinski definition) is 5. The molecule has 1 aromatic heterocycles. The summed E-state index contributed by atoms with van der Waals surface area (Å²) in [6.07, 6.45) is 0. The van der Waals surface area contributed by atoms with Crippen molar-refractivity contribution in [3.8, 4) is 5.75 Å². The van der Waals surface area contributed by atoms with Gasteiger partial charge in [0.25, 0.3) is 0 Å². The van der Waals surface area contributed by atoms with E-state index in [9.17, 15) is 8.42 Å². The number of rotatable bonds is 6. The van der Waals surface area contributed by atoms with Crippen LogP contribution in [0.5, 0.6) is 5.75 Å². The number of sulfonamides is 1. The highest BCUT2D eigenvalue weighted by atomic mass is 79.9. The minimum atomic E-state index is -3.67. The zero-order chi connectivity index (χ0) is 15.5. The summed E-state index contributed by atoms with van der Waals surface area (Å²) >= 11 is 3.08. The van der Waals surface area contributed by atoms with Crippen LogP contribution in [0.1, 0.15) is 11.3 Å². The molecule has 1 heterocycles. The molecule has 0 aliphatic heterocycles. The molecule has 2 rings (SSSR count). The molecular weight excluding hydrogens is 360 g/mol. The standard InChI is InChI=1S/C13H15BrN2O4S/c1-19-10-4-2-9(3-5-10)8-16-21(17,18)12-6-11(7-15)20-13(12)14/h2-6,16H,7-8,15H2,1H3. The van der Waals surface area contributed by atoms with Crippen LogP contribution >= 0.6 is 15.9 Å². The van der Waals surface area contributed by atoms with Gasteiger partial charge in [-0.15, -0.1) is 0 Å². The molecule has 0 unspecified atom stereocenters. The van der Waals surface area contributed by atoms with Gasteiger partial charge in [0.2, 0.25) is 10.0 Å². The van der Waals surface area contributed by atoms with E-state index in [-0.39, 0.29) is 22.7 Å². The van der Waals surface area contributed by atoms with Crippen LogP contribution in [0.15, 0.2) is 44.3 Å². The van der Waals surface area contributed by atoms with Gasteiger partial charge in [-0.05, 0) is 33.6 Å². The molecule has 8 heteroatoms. The maximum atomic E-state index is 12.2. The van der Waals surface area contributed by atoms with Crippen molar-refractivity contribution in [2.24, 2.45) is 5.73 Å². The Morgan fingerprint density at radius 1 is 1.33 bits per heavy atom. The summed E-state index contributed by atoms with van der Waals surface area (Å²) in [5.74, 6) is 1.11. The third-order valence-electron chi connectivity index (χ3n) is 2.82. The zero-order valence-electron chi connectivity index (χ0n) is 11.3. The Balaban J connectivity index is 2.11. The lowest BCUT2D eigenvalue weighted by molar-refractivity contribution is 0.414. The first-order chi connectivity index (χ1) is 9.96. The van der Waals surface area contributed by atoms with Crippen LogP contribution in [0, 0.1) is 0 Å². The van der Waals surface area contributed by atoms with E-state index in [1.54, 1.807) is 31.4 Å². The van der Waals surface area contributed by atoms with Gasteiger partial charge in [-0.25, -0.2) is 13.1 Å². The fourth-order valence-electron chi connectivity index (χ4n) is 1.68. The van der Waals surface area contributed by atoms with E-state index in [0.29, 0.717) is 11.5 Å². The van der Waals surface area contributed by atoms with Crippen LogP contribution in [-0.2, 0) is 23.1 Å². The highest BCUT2D eigenvalue weighted by molar-refractivity contribution is 9.10. The first-order valence-electron chi connectivity index (χ1n) is 6.07. The Morgan fingerprint density at radius 3 is 2.52 bits per heavy atom. The van der Waals surface area contributed by atoms with Crippen molar-refractivity contribution in [2.75, 3.05) is 7.11 Å². The lowest BCUT2D eigenvalue weighted by Gasteiger charge is -2.06. The molecule has 1 aromatic carbocycles. The van der Waals surface area contributed by atoms with Crippen molar-refractivity contribution in [3.05, 3.63) is 46.3 Å². The van der Waals surface area contributed by atoms with Crippen molar-refractivity contribution in [2.45, 2.75) is 18.0 Å². The number of furan rings is 1. The zero-order valence-corrected chi connectivity index (χ0v) is 13.7. The number of methoxy groups -OCH3 is 1. The van der Waals surface area contributed by atoms with E-state index < -0.39 is 10.0 Å². The van der Waals surface area contributed by atoms with Gasteiger partial charge < -0.3 is 14.9 Å². The van der Waals surface area contributed by atoms with Gasteiger partial charge in [-0.1, -0.05) is 12.1 Å². The molecule has 0 fully saturated rings. The molecule has 0 amide bonds. The normalized spacial score (nSPS) is 11.6. The smallest absolute Gasteiger partial charge is 0.245 e. The molecule has 0 saturated heterocycles. The summed E-state index contributed by atoms with van der Waals surface area (Å²) in [5.41, 5.74) is 6.24. The van der Waals surface area contributed by atoms with Crippen LogP contribution in [0.25, 0.3) is 0 Å². The fraction of sp³-hybridized carbons (Fsp3) is 0.231. The topological polar surface area (TPSA) is 94.6 Å². The summed E-state index contributed by atoms with van der Waals surface area (Å²) in [7, 11) is -2.10. The highest BCUT2D eigenvalue weighted by Crippen LogP contribution is 2.26. The van der Waals surface area contributed by atoms with Crippen LogP contribution in [0.3, 0.4) is 0 Å². The molecule has 0 radical (unpaired) electrons. The molecule has 6 nitrogen and oxygen atoms in total. The Morgan fingerprint density at radius 2 is 2.00 bits per heavy atom. The summed E-state index contributed by atoms with van der Waals surface area (Å²) in [6, 6.07) is 8.52. The lowest BCUT2D eigenvalue weighted by atomic mass is 10.2. The molecule has 114 valence electrons. The molecule has 3 N–H and O–H groups in total. The number of hydrogen-bond donors (Lipinski definition) is 2. The SMILES string of the molecule is COc1ccc(CNS(=O)(=O)c2cc(CN)oc2Br)cc1. The number of halogens is 1. The van der Waals surface area contributed by atoms with Gasteiger partial charge in [0.15, 0.2) is 4.67 Å². The molecule has 21 heavy (non-hydrogen) atoms. The van der Waals surface area contributed by atoms with E-state index >= 15 is 0 Å². The summed E-state index contributed by atoms with van der Waals surface area (Å²) in [5, 5.41) is 0. The minimum Gasteiger partial charge on any atom is -0.497 e. The van der Waals surface area contributed by atoms with Gasteiger partial charge in [-0.3, -0.25) is 0 Å². The third kappa shape index (κ3) is 3.85. The van der Waals surface area contributed by atoms with Gasteiger partial charge in [0.1, 0.15) is 16.4 Å².